The summed E-state index contributed by atoms with van der Waals surface area (Å²) in [5, 5.41) is 4.93. The minimum Gasteiger partial charge on any atom is -0.494 e. The van der Waals surface area contributed by atoms with Gasteiger partial charge in [0.2, 0.25) is 0 Å². The molecule has 3 nitrogen and oxygen atoms in total. The molecular formula is C20H21BrN2O. The third kappa shape index (κ3) is 3.08. The molecule has 0 unspecified atom stereocenters. The summed E-state index contributed by atoms with van der Waals surface area (Å²) < 4.78 is 9.42. The summed E-state index contributed by atoms with van der Waals surface area (Å²) in [5.74, 6) is 0.930. The van der Waals surface area contributed by atoms with Crippen molar-refractivity contribution >= 4 is 26.8 Å². The minimum absolute atomic E-state index is 0.732. The zero-order chi connectivity index (χ0) is 16.4. The predicted octanol–water partition coefficient (Wildman–Crippen LogP) is 4.52. The Morgan fingerprint density at radius 2 is 1.92 bits per heavy atom. The van der Waals surface area contributed by atoms with Crippen LogP contribution in [0, 0.1) is 0 Å². The molecule has 1 aromatic heterocycles. The molecule has 0 saturated carbocycles. The summed E-state index contributed by atoms with van der Waals surface area (Å²) in [5.41, 5.74) is 4.33. The molecule has 0 spiro atoms. The smallest absolute Gasteiger partial charge is 0.119 e. The number of halogens is 1. The van der Waals surface area contributed by atoms with Crippen LogP contribution in [0.5, 0.6) is 5.75 Å². The van der Waals surface area contributed by atoms with Crippen LogP contribution in [0.15, 0.2) is 53.0 Å². The van der Waals surface area contributed by atoms with Gasteiger partial charge in [0.25, 0.3) is 0 Å². The first-order chi connectivity index (χ1) is 11.8. The summed E-state index contributed by atoms with van der Waals surface area (Å²) >= 11 is 3.45. The fourth-order valence-corrected chi connectivity index (χ4v) is 3.79. The van der Waals surface area contributed by atoms with E-state index in [0.29, 0.717) is 0 Å². The Kier molecular flexibility index (Phi) is 4.58. The molecule has 2 aromatic carbocycles. The first-order valence-corrected chi connectivity index (χ1v) is 9.30. The Morgan fingerprint density at radius 3 is 2.79 bits per heavy atom. The Morgan fingerprint density at radius 1 is 1.08 bits per heavy atom. The molecular weight excluding hydrogens is 364 g/mol. The van der Waals surface area contributed by atoms with Gasteiger partial charge in [-0.05, 0) is 55.3 Å². The van der Waals surface area contributed by atoms with Crippen LogP contribution < -0.4 is 10.1 Å². The van der Waals surface area contributed by atoms with E-state index in [-0.39, 0.29) is 0 Å². The van der Waals surface area contributed by atoms with Gasteiger partial charge in [-0.25, -0.2) is 0 Å². The van der Waals surface area contributed by atoms with Crippen LogP contribution in [0.1, 0.15) is 17.7 Å². The lowest BCUT2D eigenvalue weighted by Crippen LogP contribution is -2.25. The van der Waals surface area contributed by atoms with E-state index in [1.807, 2.05) is 24.3 Å². The number of aromatic nitrogens is 1. The Labute approximate surface area is 150 Å². The SMILES string of the molecule is Brc1ccc(OCCCn2c3c(c4ccccc42)CCNC3)cc1. The van der Waals surface area contributed by atoms with E-state index in [0.717, 1.165) is 49.3 Å². The van der Waals surface area contributed by atoms with E-state index in [1.165, 1.54) is 22.2 Å². The number of ether oxygens (including phenoxy) is 1. The third-order valence-corrected chi connectivity index (χ3v) is 5.18. The van der Waals surface area contributed by atoms with Gasteiger partial charge in [0, 0.05) is 34.2 Å². The van der Waals surface area contributed by atoms with Crippen LogP contribution in [0.4, 0.5) is 0 Å². The summed E-state index contributed by atoms with van der Waals surface area (Å²) in [4.78, 5) is 0. The second-order valence-electron chi connectivity index (χ2n) is 6.18. The van der Waals surface area contributed by atoms with Gasteiger partial charge in [-0.15, -0.1) is 0 Å². The lowest BCUT2D eigenvalue weighted by atomic mass is 10.1. The fourth-order valence-electron chi connectivity index (χ4n) is 3.53. The monoisotopic (exact) mass is 384 g/mol. The maximum Gasteiger partial charge on any atom is 0.119 e. The first-order valence-electron chi connectivity index (χ1n) is 8.51. The van der Waals surface area contributed by atoms with Crippen LogP contribution in [0.3, 0.4) is 0 Å². The zero-order valence-corrected chi connectivity index (χ0v) is 15.2. The molecule has 0 amide bonds. The molecule has 3 aromatic rings. The fraction of sp³-hybridized carbons (Fsp3) is 0.300. The van der Waals surface area contributed by atoms with Gasteiger partial charge >= 0.3 is 0 Å². The van der Waals surface area contributed by atoms with Gasteiger partial charge in [0.05, 0.1) is 6.61 Å². The van der Waals surface area contributed by atoms with Gasteiger partial charge in [-0.1, -0.05) is 34.1 Å². The second-order valence-corrected chi connectivity index (χ2v) is 7.09. The molecule has 0 saturated heterocycles. The summed E-state index contributed by atoms with van der Waals surface area (Å²) in [6.45, 7) is 3.77. The molecule has 1 N–H and O–H groups in total. The van der Waals surface area contributed by atoms with Crippen molar-refractivity contribution in [1.29, 1.82) is 0 Å². The van der Waals surface area contributed by atoms with E-state index in [9.17, 15) is 0 Å². The van der Waals surface area contributed by atoms with Crippen molar-refractivity contribution < 1.29 is 4.74 Å². The van der Waals surface area contributed by atoms with Gasteiger partial charge < -0.3 is 14.6 Å². The number of aryl methyl sites for hydroxylation is 1. The van der Waals surface area contributed by atoms with Crippen molar-refractivity contribution in [3.05, 3.63) is 64.3 Å². The van der Waals surface area contributed by atoms with Crippen molar-refractivity contribution in [2.45, 2.75) is 25.9 Å². The molecule has 24 heavy (non-hydrogen) atoms. The van der Waals surface area contributed by atoms with Crippen LogP contribution >= 0.6 is 15.9 Å². The molecule has 4 rings (SSSR count). The van der Waals surface area contributed by atoms with Crippen LogP contribution in [0.2, 0.25) is 0 Å². The number of nitrogens with zero attached hydrogens (tertiary/aromatic N) is 1. The maximum absolute atomic E-state index is 5.87. The maximum atomic E-state index is 5.87. The van der Waals surface area contributed by atoms with Crippen LogP contribution in [0.25, 0.3) is 10.9 Å². The highest BCUT2D eigenvalue weighted by Gasteiger charge is 2.18. The molecule has 0 atom stereocenters. The van der Waals surface area contributed by atoms with Crippen molar-refractivity contribution in [2.24, 2.45) is 0 Å². The molecule has 124 valence electrons. The highest BCUT2D eigenvalue weighted by molar-refractivity contribution is 9.10. The Bertz CT molecular complexity index is 839. The number of benzene rings is 2. The highest BCUT2D eigenvalue weighted by atomic mass is 79.9. The standard InChI is InChI=1S/C20H21BrN2O/c21-15-6-8-16(9-7-15)24-13-3-12-23-19-5-2-1-4-17(19)18-10-11-22-14-20(18)23/h1-2,4-9,22H,3,10-14H2. The van der Waals surface area contributed by atoms with E-state index in [2.05, 4.69) is 50.1 Å². The number of hydrogen-bond donors (Lipinski definition) is 1. The van der Waals surface area contributed by atoms with E-state index >= 15 is 0 Å². The predicted molar refractivity (Wildman–Crippen MR) is 102 cm³/mol. The summed E-state index contributed by atoms with van der Waals surface area (Å²) in [6, 6.07) is 16.8. The van der Waals surface area contributed by atoms with Crippen LogP contribution in [-0.2, 0) is 19.5 Å². The van der Waals surface area contributed by atoms with Gasteiger partial charge in [0.15, 0.2) is 0 Å². The van der Waals surface area contributed by atoms with Gasteiger partial charge in [-0.3, -0.25) is 0 Å². The molecule has 4 heteroatoms. The number of rotatable bonds is 5. The number of nitrogens with one attached hydrogen (secondary N) is 1. The Hall–Kier alpha value is -1.78. The summed E-state index contributed by atoms with van der Waals surface area (Å²) in [6.07, 6.45) is 2.12. The first kappa shape index (κ1) is 15.7. The molecule has 0 fully saturated rings. The highest BCUT2D eigenvalue weighted by Crippen LogP contribution is 2.28. The normalized spacial score (nSPS) is 13.9. The number of fused-ring (bicyclic) bond motifs is 3. The number of para-hydroxylation sites is 1. The largest absolute Gasteiger partial charge is 0.494 e. The van der Waals surface area contributed by atoms with Crippen LogP contribution in [-0.4, -0.2) is 17.7 Å². The Balaban J connectivity index is 1.47. The van der Waals surface area contributed by atoms with Crippen molar-refractivity contribution in [2.75, 3.05) is 13.2 Å². The second kappa shape index (κ2) is 6.99. The third-order valence-electron chi connectivity index (χ3n) is 4.65. The minimum atomic E-state index is 0.732. The molecule has 0 radical (unpaired) electrons. The van der Waals surface area contributed by atoms with E-state index in [1.54, 1.807) is 0 Å². The molecule has 1 aliphatic rings. The average molecular weight is 385 g/mol. The number of hydrogen-bond acceptors (Lipinski definition) is 2. The molecule has 1 aliphatic heterocycles. The molecule has 0 aliphatic carbocycles. The average Bonchev–Trinajstić information content (AvgIpc) is 2.95. The molecule has 2 heterocycles. The molecule has 0 bridgehead atoms. The van der Waals surface area contributed by atoms with Crippen molar-refractivity contribution in [1.82, 2.24) is 9.88 Å². The quantitative estimate of drug-likeness (QED) is 0.654. The topological polar surface area (TPSA) is 26.2 Å². The van der Waals surface area contributed by atoms with Crippen molar-refractivity contribution in [3.8, 4) is 5.75 Å². The zero-order valence-electron chi connectivity index (χ0n) is 13.6. The van der Waals surface area contributed by atoms with Gasteiger partial charge in [0.1, 0.15) is 5.75 Å². The lowest BCUT2D eigenvalue weighted by Gasteiger charge is -2.17. The van der Waals surface area contributed by atoms with E-state index < -0.39 is 0 Å². The van der Waals surface area contributed by atoms with Crippen molar-refractivity contribution in [3.63, 3.8) is 0 Å². The lowest BCUT2D eigenvalue weighted by molar-refractivity contribution is 0.301. The van der Waals surface area contributed by atoms with Gasteiger partial charge in [-0.2, -0.15) is 0 Å². The van der Waals surface area contributed by atoms with E-state index in [4.69, 9.17) is 4.74 Å². The summed E-state index contributed by atoms with van der Waals surface area (Å²) in [7, 11) is 0.